The van der Waals surface area contributed by atoms with Gasteiger partial charge in [0.1, 0.15) is 5.82 Å². The molecule has 0 aromatic heterocycles. The molecule has 1 fully saturated rings. The fraction of sp³-hybridized carbons (Fsp3) is 0.500. The summed E-state index contributed by atoms with van der Waals surface area (Å²) in [6.45, 7) is 2.23. The zero-order chi connectivity index (χ0) is 11.7. The molecule has 1 aliphatic rings. The summed E-state index contributed by atoms with van der Waals surface area (Å²) in [7, 11) is 0. The monoisotopic (exact) mass is 286 g/mol. The largest absolute Gasteiger partial charge is 0.271 e. The van der Waals surface area contributed by atoms with Gasteiger partial charge in [0.25, 0.3) is 0 Å². The lowest BCUT2D eigenvalue weighted by Gasteiger charge is -2.16. The van der Waals surface area contributed by atoms with Gasteiger partial charge in [0.05, 0.1) is 0 Å². The lowest BCUT2D eigenvalue weighted by molar-refractivity contribution is 0.453. The van der Waals surface area contributed by atoms with Crippen molar-refractivity contribution in [3.8, 4) is 0 Å². The Bertz CT molecular complexity index is 383. The van der Waals surface area contributed by atoms with E-state index in [9.17, 15) is 4.39 Å². The first-order chi connectivity index (χ1) is 7.61. The van der Waals surface area contributed by atoms with Crippen LogP contribution in [0.5, 0.6) is 0 Å². The van der Waals surface area contributed by atoms with Crippen LogP contribution in [0.3, 0.4) is 0 Å². The molecule has 0 heterocycles. The van der Waals surface area contributed by atoms with Crippen LogP contribution >= 0.6 is 15.9 Å². The number of hydrazine groups is 1. The standard InChI is InChI=1S/C12H16BrFN2/c1-7-4-10(7)12(16-15)5-8-2-3-9(14)6-11(8)13/h2-3,6-7,10,12,16H,4-5,15H2,1H3. The number of rotatable bonds is 4. The van der Waals surface area contributed by atoms with Crippen LogP contribution in [0.1, 0.15) is 18.9 Å². The minimum Gasteiger partial charge on any atom is -0.271 e. The average Bonchev–Trinajstić information content (AvgIpc) is 2.94. The summed E-state index contributed by atoms with van der Waals surface area (Å²) in [5, 5.41) is 0. The van der Waals surface area contributed by atoms with E-state index in [0.717, 1.165) is 22.4 Å². The Balaban J connectivity index is 2.07. The Hall–Kier alpha value is -0.450. The summed E-state index contributed by atoms with van der Waals surface area (Å²) in [6, 6.07) is 5.09. The number of hydrogen-bond acceptors (Lipinski definition) is 2. The lowest BCUT2D eigenvalue weighted by atomic mass is 10.0. The number of nitrogens with two attached hydrogens (primary N) is 1. The van der Waals surface area contributed by atoms with Crippen molar-refractivity contribution < 1.29 is 4.39 Å². The second-order valence-corrected chi connectivity index (χ2v) is 5.44. The molecule has 0 aliphatic heterocycles. The fourth-order valence-corrected chi connectivity index (χ4v) is 2.68. The molecule has 4 heteroatoms. The van der Waals surface area contributed by atoms with Gasteiger partial charge in [-0.1, -0.05) is 28.9 Å². The van der Waals surface area contributed by atoms with Gasteiger partial charge >= 0.3 is 0 Å². The van der Waals surface area contributed by atoms with Crippen molar-refractivity contribution in [1.29, 1.82) is 0 Å². The van der Waals surface area contributed by atoms with E-state index in [1.807, 2.05) is 6.07 Å². The highest BCUT2D eigenvalue weighted by Gasteiger charge is 2.39. The number of nitrogens with one attached hydrogen (secondary N) is 1. The van der Waals surface area contributed by atoms with Crippen LogP contribution in [0, 0.1) is 17.7 Å². The van der Waals surface area contributed by atoms with Gasteiger partial charge in [-0.3, -0.25) is 11.3 Å². The first-order valence-corrected chi connectivity index (χ1v) is 6.31. The second-order valence-electron chi connectivity index (χ2n) is 4.59. The highest BCUT2D eigenvalue weighted by molar-refractivity contribution is 9.10. The molecule has 3 atom stereocenters. The third-order valence-corrected chi connectivity index (χ3v) is 4.10. The summed E-state index contributed by atoms with van der Waals surface area (Å²) in [5.74, 6) is 6.75. The highest BCUT2D eigenvalue weighted by Crippen LogP contribution is 2.41. The molecule has 0 saturated heterocycles. The number of benzene rings is 1. The van der Waals surface area contributed by atoms with Crippen LogP contribution in [0.2, 0.25) is 0 Å². The molecule has 3 N–H and O–H groups in total. The van der Waals surface area contributed by atoms with Crippen LogP contribution in [-0.2, 0) is 6.42 Å². The second kappa shape index (κ2) is 4.82. The average molecular weight is 287 g/mol. The van der Waals surface area contributed by atoms with Gasteiger partial charge in [0.2, 0.25) is 0 Å². The molecule has 2 nitrogen and oxygen atoms in total. The van der Waals surface area contributed by atoms with E-state index < -0.39 is 0 Å². The van der Waals surface area contributed by atoms with Crippen LogP contribution in [-0.4, -0.2) is 6.04 Å². The molecule has 1 aliphatic carbocycles. The molecular formula is C12H16BrFN2. The van der Waals surface area contributed by atoms with Gasteiger partial charge in [-0.15, -0.1) is 0 Å². The minimum absolute atomic E-state index is 0.215. The maximum Gasteiger partial charge on any atom is 0.124 e. The van der Waals surface area contributed by atoms with E-state index in [2.05, 4.69) is 28.3 Å². The van der Waals surface area contributed by atoms with E-state index >= 15 is 0 Å². The van der Waals surface area contributed by atoms with Crippen molar-refractivity contribution >= 4 is 15.9 Å². The predicted molar refractivity (Wildman–Crippen MR) is 66.2 cm³/mol. The molecule has 0 amide bonds. The number of hydrogen-bond donors (Lipinski definition) is 2. The third kappa shape index (κ3) is 2.62. The van der Waals surface area contributed by atoms with E-state index in [1.54, 1.807) is 0 Å². The third-order valence-electron chi connectivity index (χ3n) is 3.36. The molecule has 3 unspecified atom stereocenters. The first-order valence-electron chi connectivity index (χ1n) is 5.52. The van der Waals surface area contributed by atoms with Crippen molar-refractivity contribution in [3.05, 3.63) is 34.1 Å². The molecule has 1 aromatic rings. The summed E-state index contributed by atoms with van der Waals surface area (Å²) >= 11 is 3.38. The van der Waals surface area contributed by atoms with Crippen LogP contribution in [0.25, 0.3) is 0 Å². The number of halogens is 2. The molecular weight excluding hydrogens is 271 g/mol. The van der Waals surface area contributed by atoms with Crippen molar-refractivity contribution in [1.82, 2.24) is 5.43 Å². The van der Waals surface area contributed by atoms with Crippen molar-refractivity contribution in [3.63, 3.8) is 0 Å². The van der Waals surface area contributed by atoms with Crippen LogP contribution in [0.4, 0.5) is 4.39 Å². The SMILES string of the molecule is CC1CC1C(Cc1ccc(F)cc1Br)NN. The maximum atomic E-state index is 12.9. The summed E-state index contributed by atoms with van der Waals surface area (Å²) < 4.78 is 13.7. The summed E-state index contributed by atoms with van der Waals surface area (Å²) in [5.41, 5.74) is 3.97. The lowest BCUT2D eigenvalue weighted by Crippen LogP contribution is -2.39. The highest BCUT2D eigenvalue weighted by atomic mass is 79.9. The van der Waals surface area contributed by atoms with Gasteiger partial charge in [0, 0.05) is 10.5 Å². The van der Waals surface area contributed by atoms with Gasteiger partial charge in [-0.25, -0.2) is 4.39 Å². The molecule has 0 spiro atoms. The topological polar surface area (TPSA) is 38.0 Å². The normalized spacial score (nSPS) is 25.5. The molecule has 16 heavy (non-hydrogen) atoms. The summed E-state index contributed by atoms with van der Waals surface area (Å²) in [6.07, 6.45) is 2.07. The van der Waals surface area contributed by atoms with Gasteiger partial charge in [-0.2, -0.15) is 0 Å². The Morgan fingerprint density at radius 1 is 1.62 bits per heavy atom. The molecule has 1 saturated carbocycles. The first kappa shape index (κ1) is 12.0. The van der Waals surface area contributed by atoms with Gasteiger partial charge in [-0.05, 0) is 42.4 Å². The predicted octanol–water partition coefficient (Wildman–Crippen LogP) is 2.62. The Morgan fingerprint density at radius 2 is 2.31 bits per heavy atom. The van der Waals surface area contributed by atoms with Crippen LogP contribution < -0.4 is 11.3 Å². The summed E-state index contributed by atoms with van der Waals surface area (Å²) in [4.78, 5) is 0. The minimum atomic E-state index is -0.215. The smallest absolute Gasteiger partial charge is 0.124 e. The van der Waals surface area contributed by atoms with E-state index in [0.29, 0.717) is 5.92 Å². The van der Waals surface area contributed by atoms with E-state index in [4.69, 9.17) is 5.84 Å². The molecule has 2 rings (SSSR count). The Kier molecular flexibility index (Phi) is 3.62. The van der Waals surface area contributed by atoms with E-state index in [-0.39, 0.29) is 11.9 Å². The Labute approximate surface area is 104 Å². The zero-order valence-corrected chi connectivity index (χ0v) is 10.8. The molecule has 1 aromatic carbocycles. The molecule has 0 radical (unpaired) electrons. The molecule has 0 bridgehead atoms. The van der Waals surface area contributed by atoms with Crippen molar-refractivity contribution in [2.24, 2.45) is 17.7 Å². The zero-order valence-electron chi connectivity index (χ0n) is 9.21. The van der Waals surface area contributed by atoms with Gasteiger partial charge < -0.3 is 0 Å². The van der Waals surface area contributed by atoms with Gasteiger partial charge in [0.15, 0.2) is 0 Å². The van der Waals surface area contributed by atoms with Crippen molar-refractivity contribution in [2.75, 3.05) is 0 Å². The van der Waals surface area contributed by atoms with Crippen LogP contribution in [0.15, 0.2) is 22.7 Å². The van der Waals surface area contributed by atoms with Crippen molar-refractivity contribution in [2.45, 2.75) is 25.8 Å². The quantitative estimate of drug-likeness (QED) is 0.660. The Morgan fingerprint density at radius 3 is 2.81 bits per heavy atom. The fourth-order valence-electron chi connectivity index (χ4n) is 2.17. The molecule has 88 valence electrons. The maximum absolute atomic E-state index is 12.9. The van der Waals surface area contributed by atoms with E-state index in [1.165, 1.54) is 18.6 Å².